The van der Waals surface area contributed by atoms with E-state index < -0.39 is 5.97 Å². The third-order valence-electron chi connectivity index (χ3n) is 2.51. The average molecular weight is 257 g/mol. The van der Waals surface area contributed by atoms with Gasteiger partial charge in [0.05, 0.1) is 0 Å². The van der Waals surface area contributed by atoms with Crippen molar-refractivity contribution in [2.75, 3.05) is 20.4 Å². The Morgan fingerprint density at radius 1 is 1.22 bits per heavy atom. The summed E-state index contributed by atoms with van der Waals surface area (Å²) in [5.41, 5.74) is 0.498. The minimum Gasteiger partial charge on any atom is -0.481 e. The molecule has 0 radical (unpaired) electrons. The summed E-state index contributed by atoms with van der Waals surface area (Å²) < 4.78 is 4.97. The Morgan fingerprint density at radius 2 is 1.83 bits per heavy atom. The molecule has 0 bridgehead atoms. The highest BCUT2D eigenvalue weighted by Crippen LogP contribution is 2.06. The van der Waals surface area contributed by atoms with Crippen molar-refractivity contribution in [2.45, 2.75) is 39.0 Å². The van der Waals surface area contributed by atoms with Gasteiger partial charge < -0.3 is 14.7 Å². The predicted molar refractivity (Wildman–Crippen MR) is 69.1 cm³/mol. The lowest BCUT2D eigenvalue weighted by Crippen LogP contribution is -2.34. The summed E-state index contributed by atoms with van der Waals surface area (Å²) >= 11 is 0. The average Bonchev–Trinajstić information content (AvgIpc) is 2.30. The molecule has 0 aromatic rings. The van der Waals surface area contributed by atoms with Crippen LogP contribution in [0, 0.1) is 0 Å². The van der Waals surface area contributed by atoms with E-state index in [0.29, 0.717) is 18.5 Å². The fourth-order valence-corrected chi connectivity index (χ4v) is 1.58. The Bertz CT molecular complexity index is 289. The molecule has 18 heavy (non-hydrogen) atoms. The van der Waals surface area contributed by atoms with Crippen LogP contribution >= 0.6 is 0 Å². The van der Waals surface area contributed by atoms with Crippen LogP contribution in [0.1, 0.15) is 39.0 Å². The Morgan fingerprint density at radius 3 is 2.33 bits per heavy atom. The van der Waals surface area contributed by atoms with Gasteiger partial charge in [-0.15, -0.1) is 0 Å². The molecule has 0 heterocycles. The van der Waals surface area contributed by atoms with Gasteiger partial charge >= 0.3 is 5.97 Å². The van der Waals surface area contributed by atoms with Gasteiger partial charge in [-0.05, 0) is 19.8 Å². The van der Waals surface area contributed by atoms with Crippen LogP contribution in [0.25, 0.3) is 0 Å². The van der Waals surface area contributed by atoms with Crippen LogP contribution in [-0.2, 0) is 14.3 Å². The molecule has 5 heteroatoms. The second-order valence-electron chi connectivity index (χ2n) is 4.32. The molecule has 0 fully saturated rings. The molecule has 0 saturated carbocycles. The van der Waals surface area contributed by atoms with Crippen LogP contribution in [-0.4, -0.2) is 42.3 Å². The summed E-state index contributed by atoms with van der Waals surface area (Å²) in [6.07, 6.45) is 3.54. The van der Waals surface area contributed by atoms with E-state index in [2.05, 4.69) is 6.58 Å². The molecule has 0 unspecified atom stereocenters. The van der Waals surface area contributed by atoms with Crippen LogP contribution in [0.5, 0.6) is 0 Å². The van der Waals surface area contributed by atoms with Crippen molar-refractivity contribution in [1.29, 1.82) is 0 Å². The lowest BCUT2D eigenvalue weighted by atomic mass is 10.1. The van der Waals surface area contributed by atoms with E-state index in [1.807, 2.05) is 0 Å². The third-order valence-corrected chi connectivity index (χ3v) is 2.51. The zero-order valence-electron chi connectivity index (χ0n) is 11.3. The first kappa shape index (κ1) is 16.6. The molecule has 0 aliphatic heterocycles. The third kappa shape index (κ3) is 7.84. The first-order valence-corrected chi connectivity index (χ1v) is 6.14. The topological polar surface area (TPSA) is 66.8 Å². The number of hydrogen-bond acceptors (Lipinski definition) is 3. The van der Waals surface area contributed by atoms with Crippen molar-refractivity contribution in [2.24, 2.45) is 0 Å². The fourth-order valence-electron chi connectivity index (χ4n) is 1.58. The van der Waals surface area contributed by atoms with Gasteiger partial charge in [0.25, 0.3) is 5.91 Å². The van der Waals surface area contributed by atoms with Gasteiger partial charge in [0.15, 0.2) is 0 Å². The summed E-state index contributed by atoms with van der Waals surface area (Å²) in [6.45, 7) is 6.18. The molecule has 5 nitrogen and oxygen atoms in total. The van der Waals surface area contributed by atoms with Crippen molar-refractivity contribution < 1.29 is 19.4 Å². The number of carboxylic acids is 1. The molecule has 0 aliphatic carbocycles. The first-order chi connectivity index (χ1) is 8.49. The number of amides is 1. The molecule has 104 valence electrons. The van der Waals surface area contributed by atoms with Gasteiger partial charge in [-0.1, -0.05) is 19.4 Å². The second-order valence-corrected chi connectivity index (χ2v) is 4.32. The quantitative estimate of drug-likeness (QED) is 0.369. The van der Waals surface area contributed by atoms with Crippen LogP contribution in [0.15, 0.2) is 12.2 Å². The molecule has 0 atom stereocenters. The fraction of sp³-hybridized carbons (Fsp3) is 0.692. The van der Waals surface area contributed by atoms with Crippen molar-refractivity contribution in [3.05, 3.63) is 12.2 Å². The summed E-state index contributed by atoms with van der Waals surface area (Å²) in [5, 5.41) is 8.48. The number of methoxy groups -OCH3 is 1. The highest BCUT2D eigenvalue weighted by atomic mass is 16.5. The number of aliphatic carboxylic acids is 1. The highest BCUT2D eigenvalue weighted by molar-refractivity contribution is 5.92. The molecule has 0 saturated heterocycles. The maximum atomic E-state index is 11.7. The molecule has 1 amide bonds. The second kappa shape index (κ2) is 9.65. The zero-order chi connectivity index (χ0) is 14.0. The molecule has 0 aliphatic rings. The van der Waals surface area contributed by atoms with Gasteiger partial charge in [-0.25, -0.2) is 0 Å². The lowest BCUT2D eigenvalue weighted by Gasteiger charge is -2.21. The van der Waals surface area contributed by atoms with Crippen molar-refractivity contribution in [3.8, 4) is 0 Å². The number of ether oxygens (including phenoxy) is 1. The van der Waals surface area contributed by atoms with Crippen molar-refractivity contribution >= 4 is 11.9 Å². The van der Waals surface area contributed by atoms with Gasteiger partial charge in [-0.2, -0.15) is 0 Å². The van der Waals surface area contributed by atoms with Gasteiger partial charge in [0, 0.05) is 25.6 Å². The summed E-state index contributed by atoms with van der Waals surface area (Å²) in [5.74, 6) is -0.851. The van der Waals surface area contributed by atoms with Crippen LogP contribution in [0.3, 0.4) is 0 Å². The normalized spacial score (nSPS) is 10.1. The molecule has 0 aromatic heterocycles. The van der Waals surface area contributed by atoms with Crippen LogP contribution in [0.2, 0.25) is 0 Å². The molecule has 0 spiro atoms. The van der Waals surface area contributed by atoms with E-state index in [9.17, 15) is 9.59 Å². The van der Waals surface area contributed by atoms with E-state index >= 15 is 0 Å². The zero-order valence-corrected chi connectivity index (χ0v) is 11.3. The molecule has 0 aromatic carbocycles. The standard InChI is InChI=1S/C13H23NO4/c1-11(2)13(17)14(10-18-3)9-7-5-4-6-8-12(15)16/h1,4-10H2,2-3H3,(H,15,16). The van der Waals surface area contributed by atoms with E-state index in [1.54, 1.807) is 18.9 Å². The number of carbonyl (C=O) groups excluding carboxylic acids is 1. The maximum absolute atomic E-state index is 11.7. The minimum absolute atomic E-state index is 0.0950. The number of rotatable bonds is 10. The van der Waals surface area contributed by atoms with Gasteiger partial charge in [0.1, 0.15) is 6.73 Å². The van der Waals surface area contributed by atoms with E-state index in [0.717, 1.165) is 19.3 Å². The minimum atomic E-state index is -0.756. The summed E-state index contributed by atoms with van der Waals surface area (Å²) in [4.78, 5) is 23.6. The molecule has 0 rings (SSSR count). The van der Waals surface area contributed by atoms with Crippen molar-refractivity contribution in [3.63, 3.8) is 0 Å². The number of unbranched alkanes of at least 4 members (excludes halogenated alkanes) is 3. The highest BCUT2D eigenvalue weighted by Gasteiger charge is 2.12. The largest absolute Gasteiger partial charge is 0.481 e. The Labute approximate surface area is 108 Å². The lowest BCUT2D eigenvalue weighted by molar-refractivity contribution is -0.137. The summed E-state index contributed by atoms with van der Waals surface area (Å²) in [7, 11) is 1.55. The summed E-state index contributed by atoms with van der Waals surface area (Å²) in [6, 6.07) is 0. The van der Waals surface area contributed by atoms with E-state index in [4.69, 9.17) is 9.84 Å². The Balaban J connectivity index is 3.80. The first-order valence-electron chi connectivity index (χ1n) is 6.14. The number of carbonyl (C=O) groups is 2. The monoisotopic (exact) mass is 257 g/mol. The van der Waals surface area contributed by atoms with E-state index in [-0.39, 0.29) is 19.1 Å². The van der Waals surface area contributed by atoms with Gasteiger partial charge in [-0.3, -0.25) is 9.59 Å². The number of nitrogens with zero attached hydrogens (tertiary/aromatic N) is 1. The SMILES string of the molecule is C=C(C)C(=O)N(CCCCCCC(=O)O)COC. The Kier molecular flexibility index (Phi) is 8.92. The van der Waals surface area contributed by atoms with Crippen molar-refractivity contribution in [1.82, 2.24) is 4.90 Å². The van der Waals surface area contributed by atoms with Gasteiger partial charge in [0.2, 0.25) is 0 Å². The predicted octanol–water partition coefficient (Wildman–Crippen LogP) is 2.03. The van der Waals surface area contributed by atoms with E-state index in [1.165, 1.54) is 0 Å². The molecular weight excluding hydrogens is 234 g/mol. The molecular formula is C13H23NO4. The van der Waals surface area contributed by atoms with Crippen LogP contribution in [0.4, 0.5) is 0 Å². The Hall–Kier alpha value is -1.36. The number of hydrogen-bond donors (Lipinski definition) is 1. The smallest absolute Gasteiger partial charge is 0.303 e. The number of carboxylic acid groups (broad SMARTS) is 1. The molecule has 1 N–H and O–H groups in total. The van der Waals surface area contributed by atoms with Crippen LogP contribution < -0.4 is 0 Å². The maximum Gasteiger partial charge on any atom is 0.303 e.